The fourth-order valence-corrected chi connectivity index (χ4v) is 3.17. The van der Waals surface area contributed by atoms with E-state index in [1.807, 2.05) is 18.2 Å². The van der Waals surface area contributed by atoms with Crippen LogP contribution in [0, 0.1) is 11.7 Å². The van der Waals surface area contributed by atoms with Gasteiger partial charge < -0.3 is 10.0 Å². The molecule has 2 aromatic carbocycles. The first-order valence-electron chi connectivity index (χ1n) is 8.38. The number of piperidine rings is 1. The van der Waals surface area contributed by atoms with Crippen LogP contribution in [0.2, 0.25) is 0 Å². The standard InChI is InChI=1S/C20H18FNO4/c21-17-12-15(20(25)26)6-7-16(17)19(24)22-10-8-14(9-11-22)18(23)13-4-2-1-3-5-13/h1-7,12,14H,8-11H2,(H,25,26). The number of amides is 1. The Bertz CT molecular complexity index is 842. The minimum Gasteiger partial charge on any atom is -0.478 e. The maximum absolute atomic E-state index is 14.1. The van der Waals surface area contributed by atoms with Gasteiger partial charge in [-0.05, 0) is 31.0 Å². The van der Waals surface area contributed by atoms with Crippen LogP contribution >= 0.6 is 0 Å². The number of nitrogens with zero attached hydrogens (tertiary/aromatic N) is 1. The molecule has 26 heavy (non-hydrogen) atoms. The minimum absolute atomic E-state index is 0.0645. The largest absolute Gasteiger partial charge is 0.478 e. The number of carbonyl (C=O) groups is 3. The molecule has 0 aromatic heterocycles. The molecule has 2 aromatic rings. The molecule has 1 saturated heterocycles. The number of rotatable bonds is 4. The molecule has 0 bridgehead atoms. The van der Waals surface area contributed by atoms with Crippen LogP contribution in [-0.4, -0.2) is 40.8 Å². The SMILES string of the molecule is O=C(O)c1ccc(C(=O)N2CCC(C(=O)c3ccccc3)CC2)c(F)c1. The summed E-state index contributed by atoms with van der Waals surface area (Å²) in [5.74, 6) is -2.67. The van der Waals surface area contributed by atoms with Crippen molar-refractivity contribution in [1.29, 1.82) is 0 Å². The van der Waals surface area contributed by atoms with Crippen LogP contribution < -0.4 is 0 Å². The van der Waals surface area contributed by atoms with E-state index in [2.05, 4.69) is 0 Å². The highest BCUT2D eigenvalue weighted by Gasteiger charge is 2.29. The Balaban J connectivity index is 1.65. The van der Waals surface area contributed by atoms with Crippen molar-refractivity contribution >= 4 is 17.7 Å². The van der Waals surface area contributed by atoms with Crippen LogP contribution in [0.25, 0.3) is 0 Å². The maximum Gasteiger partial charge on any atom is 0.335 e. The molecule has 0 aliphatic carbocycles. The third kappa shape index (κ3) is 3.64. The molecule has 1 aliphatic heterocycles. The summed E-state index contributed by atoms with van der Waals surface area (Å²) in [7, 11) is 0. The summed E-state index contributed by atoms with van der Waals surface area (Å²) in [5.41, 5.74) is 0.307. The molecule has 0 atom stereocenters. The van der Waals surface area contributed by atoms with Crippen molar-refractivity contribution in [3.8, 4) is 0 Å². The lowest BCUT2D eigenvalue weighted by molar-refractivity contribution is 0.0644. The second kappa shape index (κ2) is 7.47. The van der Waals surface area contributed by atoms with Gasteiger partial charge in [0.2, 0.25) is 0 Å². The van der Waals surface area contributed by atoms with Gasteiger partial charge in [0.1, 0.15) is 5.82 Å². The van der Waals surface area contributed by atoms with Crippen molar-refractivity contribution in [2.24, 2.45) is 5.92 Å². The third-order valence-corrected chi connectivity index (χ3v) is 4.66. The fraction of sp³-hybridized carbons (Fsp3) is 0.250. The van der Waals surface area contributed by atoms with E-state index in [-0.39, 0.29) is 22.8 Å². The molecule has 0 unspecified atom stereocenters. The first kappa shape index (κ1) is 17.8. The van der Waals surface area contributed by atoms with Crippen LogP contribution in [-0.2, 0) is 0 Å². The molecule has 134 valence electrons. The average molecular weight is 355 g/mol. The Kier molecular flexibility index (Phi) is 5.11. The smallest absolute Gasteiger partial charge is 0.335 e. The van der Waals surface area contributed by atoms with Crippen LogP contribution in [0.3, 0.4) is 0 Å². The fourth-order valence-electron chi connectivity index (χ4n) is 3.17. The van der Waals surface area contributed by atoms with Gasteiger partial charge in [-0.3, -0.25) is 9.59 Å². The van der Waals surface area contributed by atoms with Crippen molar-refractivity contribution in [2.45, 2.75) is 12.8 Å². The van der Waals surface area contributed by atoms with E-state index >= 15 is 0 Å². The zero-order valence-corrected chi connectivity index (χ0v) is 14.0. The Morgan fingerprint density at radius 3 is 2.19 bits per heavy atom. The zero-order valence-electron chi connectivity index (χ0n) is 14.0. The first-order chi connectivity index (χ1) is 12.5. The van der Waals surface area contributed by atoms with E-state index < -0.39 is 17.7 Å². The van der Waals surface area contributed by atoms with Crippen molar-refractivity contribution in [1.82, 2.24) is 4.90 Å². The highest BCUT2D eigenvalue weighted by atomic mass is 19.1. The van der Waals surface area contributed by atoms with Gasteiger partial charge in [-0.1, -0.05) is 30.3 Å². The molecule has 1 N–H and O–H groups in total. The summed E-state index contributed by atoms with van der Waals surface area (Å²) < 4.78 is 14.1. The highest BCUT2D eigenvalue weighted by molar-refractivity contribution is 5.99. The topological polar surface area (TPSA) is 74.7 Å². The van der Waals surface area contributed by atoms with Gasteiger partial charge in [-0.2, -0.15) is 0 Å². The Morgan fingerprint density at radius 1 is 0.962 bits per heavy atom. The van der Waals surface area contributed by atoms with Gasteiger partial charge in [0.05, 0.1) is 11.1 Å². The summed E-state index contributed by atoms with van der Waals surface area (Å²) in [6.45, 7) is 0.727. The van der Waals surface area contributed by atoms with Gasteiger partial charge in [0, 0.05) is 24.6 Å². The molecule has 0 spiro atoms. The average Bonchev–Trinajstić information content (AvgIpc) is 2.67. The Morgan fingerprint density at radius 2 is 1.62 bits per heavy atom. The van der Waals surface area contributed by atoms with Gasteiger partial charge in [0.15, 0.2) is 5.78 Å². The van der Waals surface area contributed by atoms with Crippen molar-refractivity contribution in [2.75, 3.05) is 13.1 Å². The Labute approximate surface area is 150 Å². The molecule has 1 aliphatic rings. The van der Waals surface area contributed by atoms with E-state index in [4.69, 9.17) is 5.11 Å². The zero-order chi connectivity index (χ0) is 18.7. The lowest BCUT2D eigenvalue weighted by Crippen LogP contribution is -2.40. The van der Waals surface area contributed by atoms with Crippen LogP contribution in [0.1, 0.15) is 43.9 Å². The van der Waals surface area contributed by atoms with Crippen molar-refractivity contribution in [3.63, 3.8) is 0 Å². The van der Waals surface area contributed by atoms with E-state index in [0.717, 1.165) is 6.07 Å². The second-order valence-electron chi connectivity index (χ2n) is 6.30. The van der Waals surface area contributed by atoms with E-state index in [0.29, 0.717) is 31.5 Å². The quantitative estimate of drug-likeness (QED) is 0.854. The number of carboxylic acids is 1. The summed E-state index contributed by atoms with van der Waals surface area (Å²) in [4.78, 5) is 37.4. The predicted octanol–water partition coefficient (Wildman–Crippen LogP) is 3.26. The van der Waals surface area contributed by atoms with Crippen LogP contribution in [0.4, 0.5) is 4.39 Å². The summed E-state index contributed by atoms with van der Waals surface area (Å²) >= 11 is 0. The van der Waals surface area contributed by atoms with Gasteiger partial charge in [0.25, 0.3) is 5.91 Å². The van der Waals surface area contributed by atoms with E-state index in [9.17, 15) is 18.8 Å². The number of likely N-dealkylation sites (tertiary alicyclic amines) is 1. The number of halogens is 1. The predicted molar refractivity (Wildman–Crippen MR) is 92.8 cm³/mol. The molecule has 1 amide bonds. The van der Waals surface area contributed by atoms with Crippen molar-refractivity contribution in [3.05, 3.63) is 71.0 Å². The molecular formula is C20H18FNO4. The summed E-state index contributed by atoms with van der Waals surface area (Å²) in [5, 5.41) is 8.87. The number of ketones is 1. The molecule has 1 heterocycles. The lowest BCUT2D eigenvalue weighted by Gasteiger charge is -2.31. The molecule has 0 radical (unpaired) electrons. The lowest BCUT2D eigenvalue weighted by atomic mass is 9.88. The number of benzene rings is 2. The van der Waals surface area contributed by atoms with Gasteiger partial charge >= 0.3 is 5.97 Å². The van der Waals surface area contributed by atoms with Gasteiger partial charge in [-0.25, -0.2) is 9.18 Å². The summed E-state index contributed by atoms with van der Waals surface area (Å²) in [6, 6.07) is 12.3. The molecular weight excluding hydrogens is 337 g/mol. The van der Waals surface area contributed by atoms with E-state index in [1.165, 1.54) is 17.0 Å². The number of aromatic carboxylic acids is 1. The maximum atomic E-state index is 14.1. The molecule has 0 saturated carbocycles. The molecule has 1 fully saturated rings. The third-order valence-electron chi connectivity index (χ3n) is 4.66. The van der Waals surface area contributed by atoms with Gasteiger partial charge in [-0.15, -0.1) is 0 Å². The van der Waals surface area contributed by atoms with Crippen LogP contribution in [0.5, 0.6) is 0 Å². The highest BCUT2D eigenvalue weighted by Crippen LogP contribution is 2.23. The number of hydrogen-bond acceptors (Lipinski definition) is 3. The monoisotopic (exact) mass is 355 g/mol. The molecule has 5 nitrogen and oxygen atoms in total. The molecule has 6 heteroatoms. The number of carbonyl (C=O) groups excluding carboxylic acids is 2. The van der Waals surface area contributed by atoms with Crippen molar-refractivity contribution < 1.29 is 23.9 Å². The second-order valence-corrected chi connectivity index (χ2v) is 6.30. The normalized spacial score (nSPS) is 14.9. The number of hydrogen-bond donors (Lipinski definition) is 1. The minimum atomic E-state index is -1.25. The summed E-state index contributed by atoms with van der Waals surface area (Å²) in [6.07, 6.45) is 1.04. The molecule has 3 rings (SSSR count). The van der Waals surface area contributed by atoms with Crippen LogP contribution in [0.15, 0.2) is 48.5 Å². The van der Waals surface area contributed by atoms with E-state index in [1.54, 1.807) is 12.1 Å². The number of carboxylic acid groups (broad SMARTS) is 1. The Hall–Kier alpha value is -3.02. The number of Topliss-reactive ketones (excluding diaryl/α,β-unsaturated/α-hetero) is 1. The first-order valence-corrected chi connectivity index (χ1v) is 8.38.